The largest absolute Gasteiger partial charge is 0.384 e. The monoisotopic (exact) mass is 481 g/mol. The van der Waals surface area contributed by atoms with Gasteiger partial charge in [-0.2, -0.15) is 0 Å². The van der Waals surface area contributed by atoms with E-state index >= 15 is 0 Å². The van der Waals surface area contributed by atoms with Crippen LogP contribution >= 0.6 is 0 Å². The van der Waals surface area contributed by atoms with E-state index in [9.17, 15) is 4.79 Å². The molecule has 0 bridgehead atoms. The van der Waals surface area contributed by atoms with Gasteiger partial charge in [0.15, 0.2) is 5.78 Å². The standard InChI is InChI=1S/C32H51NO2/c1-7-8-9-23(2)10-11-24(3)12-13-25(4)32(34)21-28-15-17-29-18-27(14-16-30(29)19-28)20-31(33)26(5)22-35-6/h12-14,16,18,23,26,28,31H,7-11,15,17,19-22,33H2,1-6H3/b24-12+,25-13+/t23-,26?,28?,31?/m0/s1. The van der Waals surface area contributed by atoms with Gasteiger partial charge in [0.1, 0.15) is 0 Å². The zero-order valence-corrected chi connectivity index (χ0v) is 23.4. The number of Topliss-reactive ketones (excluding diaryl/α,β-unsaturated/α-hetero) is 1. The van der Waals surface area contributed by atoms with Gasteiger partial charge < -0.3 is 10.5 Å². The first-order valence-corrected chi connectivity index (χ1v) is 14.0. The number of allylic oxidation sites excluding steroid dienone is 4. The molecule has 196 valence electrons. The second-order valence-corrected chi connectivity index (χ2v) is 11.3. The Hall–Kier alpha value is -1.71. The van der Waals surface area contributed by atoms with Gasteiger partial charge in [0.05, 0.1) is 6.61 Å². The second kappa shape index (κ2) is 15.4. The van der Waals surface area contributed by atoms with E-state index in [-0.39, 0.29) is 6.04 Å². The molecule has 0 amide bonds. The molecule has 1 aromatic carbocycles. The van der Waals surface area contributed by atoms with E-state index in [0.29, 0.717) is 30.6 Å². The highest BCUT2D eigenvalue weighted by molar-refractivity contribution is 5.95. The molecule has 2 rings (SSSR count). The summed E-state index contributed by atoms with van der Waals surface area (Å²) in [6.07, 6.45) is 15.2. The summed E-state index contributed by atoms with van der Waals surface area (Å²) in [6, 6.07) is 6.95. The number of benzene rings is 1. The predicted octanol–water partition coefficient (Wildman–Crippen LogP) is 7.40. The van der Waals surface area contributed by atoms with Crippen LogP contribution in [0, 0.1) is 17.8 Å². The minimum absolute atomic E-state index is 0.110. The summed E-state index contributed by atoms with van der Waals surface area (Å²) in [4.78, 5) is 12.9. The molecule has 0 fully saturated rings. The smallest absolute Gasteiger partial charge is 0.158 e. The van der Waals surface area contributed by atoms with Crippen LogP contribution in [0.2, 0.25) is 0 Å². The van der Waals surface area contributed by atoms with Crippen molar-refractivity contribution in [3.05, 3.63) is 58.2 Å². The quantitative estimate of drug-likeness (QED) is 0.210. The van der Waals surface area contributed by atoms with Gasteiger partial charge in [0.2, 0.25) is 0 Å². The molecule has 35 heavy (non-hydrogen) atoms. The first-order valence-electron chi connectivity index (χ1n) is 14.0. The number of rotatable bonds is 15. The number of hydrogen-bond acceptors (Lipinski definition) is 3. The van der Waals surface area contributed by atoms with Crippen LogP contribution < -0.4 is 5.73 Å². The molecule has 1 aromatic rings. The third-order valence-corrected chi connectivity index (χ3v) is 7.85. The summed E-state index contributed by atoms with van der Waals surface area (Å²) >= 11 is 0. The SMILES string of the molecule is CCCC[C@H](C)CC/C(C)=C/C=C(\C)C(=O)CC1CCc2cc(CC(N)C(C)COC)ccc2C1. The summed E-state index contributed by atoms with van der Waals surface area (Å²) in [5.74, 6) is 1.87. The number of ether oxygens (including phenoxy) is 1. The van der Waals surface area contributed by atoms with Crippen LogP contribution in [0.4, 0.5) is 0 Å². The lowest BCUT2D eigenvalue weighted by Crippen LogP contribution is -2.33. The fraction of sp³-hybridized carbons (Fsp3) is 0.656. The number of fused-ring (bicyclic) bond motifs is 1. The van der Waals surface area contributed by atoms with Gasteiger partial charge in [-0.15, -0.1) is 0 Å². The molecule has 1 aliphatic rings. The van der Waals surface area contributed by atoms with Gasteiger partial charge >= 0.3 is 0 Å². The maximum atomic E-state index is 12.9. The minimum Gasteiger partial charge on any atom is -0.384 e. The third-order valence-electron chi connectivity index (χ3n) is 7.85. The summed E-state index contributed by atoms with van der Waals surface area (Å²) in [6.45, 7) is 11.6. The zero-order valence-electron chi connectivity index (χ0n) is 23.4. The normalized spacial score (nSPS) is 19.2. The lowest BCUT2D eigenvalue weighted by atomic mass is 9.80. The molecule has 0 saturated heterocycles. The lowest BCUT2D eigenvalue weighted by Gasteiger charge is -2.25. The first kappa shape index (κ1) is 29.5. The molecule has 3 heteroatoms. The van der Waals surface area contributed by atoms with Crippen LogP contribution in [0.3, 0.4) is 0 Å². The molecule has 0 saturated carbocycles. The van der Waals surface area contributed by atoms with Crippen molar-refractivity contribution < 1.29 is 9.53 Å². The van der Waals surface area contributed by atoms with E-state index in [1.807, 2.05) is 13.0 Å². The van der Waals surface area contributed by atoms with E-state index in [0.717, 1.165) is 43.6 Å². The Morgan fingerprint density at radius 2 is 1.94 bits per heavy atom. The molecular weight excluding hydrogens is 430 g/mol. The van der Waals surface area contributed by atoms with E-state index in [4.69, 9.17) is 10.5 Å². The van der Waals surface area contributed by atoms with Crippen molar-refractivity contribution in [1.82, 2.24) is 0 Å². The van der Waals surface area contributed by atoms with Crippen molar-refractivity contribution in [2.75, 3.05) is 13.7 Å². The molecule has 1 aliphatic carbocycles. The molecule has 0 aliphatic heterocycles. The highest BCUT2D eigenvalue weighted by Gasteiger charge is 2.22. The number of ketones is 1. The summed E-state index contributed by atoms with van der Waals surface area (Å²) in [5, 5.41) is 0. The van der Waals surface area contributed by atoms with Crippen LogP contribution in [0.1, 0.15) is 96.3 Å². The Labute approximate surface area is 215 Å². The van der Waals surface area contributed by atoms with Crippen LogP contribution in [0.5, 0.6) is 0 Å². The van der Waals surface area contributed by atoms with Crippen molar-refractivity contribution in [3.63, 3.8) is 0 Å². The van der Waals surface area contributed by atoms with Crippen LogP contribution in [-0.4, -0.2) is 25.5 Å². The average molecular weight is 482 g/mol. The number of hydrogen-bond donors (Lipinski definition) is 1. The number of nitrogens with two attached hydrogens (primary N) is 1. The molecule has 0 spiro atoms. The molecule has 0 heterocycles. The molecule has 3 unspecified atom stereocenters. The maximum absolute atomic E-state index is 12.9. The topological polar surface area (TPSA) is 52.3 Å². The Bertz CT molecular complexity index is 853. The van der Waals surface area contributed by atoms with Gasteiger partial charge in [0.25, 0.3) is 0 Å². The highest BCUT2D eigenvalue weighted by Crippen LogP contribution is 2.30. The van der Waals surface area contributed by atoms with E-state index in [1.165, 1.54) is 47.9 Å². The number of unbranched alkanes of at least 4 members (excludes halogenated alkanes) is 1. The summed E-state index contributed by atoms with van der Waals surface area (Å²) in [7, 11) is 1.73. The Kier molecular flexibility index (Phi) is 13.0. The number of carbonyl (C=O) groups is 1. The van der Waals surface area contributed by atoms with E-state index in [1.54, 1.807) is 7.11 Å². The first-order chi connectivity index (χ1) is 16.7. The van der Waals surface area contributed by atoms with E-state index < -0.39 is 0 Å². The van der Waals surface area contributed by atoms with Crippen LogP contribution in [0.25, 0.3) is 0 Å². The number of methoxy groups -OCH3 is 1. The molecule has 0 aromatic heterocycles. The molecule has 2 N–H and O–H groups in total. The van der Waals surface area contributed by atoms with Crippen LogP contribution in [-0.2, 0) is 28.8 Å². The Morgan fingerprint density at radius 3 is 2.66 bits per heavy atom. The van der Waals surface area contributed by atoms with Crippen molar-refractivity contribution in [3.8, 4) is 0 Å². The van der Waals surface area contributed by atoms with Gasteiger partial charge in [-0.25, -0.2) is 0 Å². The fourth-order valence-electron chi connectivity index (χ4n) is 5.08. The van der Waals surface area contributed by atoms with Crippen molar-refractivity contribution in [2.24, 2.45) is 23.5 Å². The minimum atomic E-state index is 0.110. The van der Waals surface area contributed by atoms with Crippen LogP contribution in [0.15, 0.2) is 41.5 Å². The molecule has 3 nitrogen and oxygen atoms in total. The zero-order chi connectivity index (χ0) is 25.8. The highest BCUT2D eigenvalue weighted by atomic mass is 16.5. The second-order valence-electron chi connectivity index (χ2n) is 11.3. The Morgan fingerprint density at radius 1 is 1.17 bits per heavy atom. The fourth-order valence-corrected chi connectivity index (χ4v) is 5.08. The molecule has 0 radical (unpaired) electrons. The number of carbonyl (C=O) groups excluding carboxylic acids is 1. The average Bonchev–Trinajstić information content (AvgIpc) is 2.84. The van der Waals surface area contributed by atoms with Gasteiger partial charge in [0, 0.05) is 19.6 Å². The maximum Gasteiger partial charge on any atom is 0.158 e. The van der Waals surface area contributed by atoms with Gasteiger partial charge in [-0.05, 0) is 92.4 Å². The molecular formula is C32H51NO2. The summed E-state index contributed by atoms with van der Waals surface area (Å²) < 4.78 is 5.26. The van der Waals surface area contributed by atoms with Crippen molar-refractivity contribution >= 4 is 5.78 Å². The van der Waals surface area contributed by atoms with Crippen molar-refractivity contribution in [2.45, 2.75) is 105 Å². The summed E-state index contributed by atoms with van der Waals surface area (Å²) in [5.41, 5.74) is 12.8. The van der Waals surface area contributed by atoms with Gasteiger partial charge in [-0.1, -0.05) is 76.0 Å². The van der Waals surface area contributed by atoms with Crippen molar-refractivity contribution in [1.29, 1.82) is 0 Å². The lowest BCUT2D eigenvalue weighted by molar-refractivity contribution is -0.116. The molecule has 4 atom stereocenters. The number of aryl methyl sites for hydroxylation is 1. The van der Waals surface area contributed by atoms with Gasteiger partial charge in [-0.3, -0.25) is 4.79 Å². The van der Waals surface area contributed by atoms with E-state index in [2.05, 4.69) is 52.0 Å². The predicted molar refractivity (Wildman–Crippen MR) is 150 cm³/mol. The Balaban J connectivity index is 1.85. The third kappa shape index (κ3) is 10.4.